The van der Waals surface area contributed by atoms with Crippen LogP contribution in [0.3, 0.4) is 0 Å². The van der Waals surface area contributed by atoms with E-state index in [2.05, 4.69) is 61.9 Å². The molecule has 9 nitrogen and oxygen atoms in total. The molecule has 0 spiro atoms. The average Bonchev–Trinajstić information content (AvgIpc) is 3.30. The molecular weight excluding hydrogens is 428 g/mol. The quantitative estimate of drug-likeness (QED) is 0.327. The van der Waals surface area contributed by atoms with Crippen LogP contribution in [0.25, 0.3) is 0 Å². The lowest BCUT2D eigenvalue weighted by molar-refractivity contribution is 0.0958. The van der Waals surface area contributed by atoms with E-state index in [-0.39, 0.29) is 11.3 Å². The number of amides is 1. The zero-order chi connectivity index (χ0) is 24.1. The topological polar surface area (TPSA) is 121 Å². The van der Waals surface area contributed by atoms with Crippen molar-refractivity contribution in [3.63, 3.8) is 0 Å². The molecule has 1 amide bonds. The smallest absolute Gasteiger partial charge is 0.269 e. The van der Waals surface area contributed by atoms with Gasteiger partial charge in [-0.3, -0.25) is 14.9 Å². The van der Waals surface area contributed by atoms with Crippen LogP contribution in [0, 0.1) is 0 Å². The van der Waals surface area contributed by atoms with Crippen LogP contribution in [0.2, 0.25) is 0 Å². The van der Waals surface area contributed by atoms with E-state index in [9.17, 15) is 4.79 Å². The minimum Gasteiger partial charge on any atom is -0.354 e. The highest BCUT2D eigenvalue weighted by atomic mass is 16.1. The second-order valence-electron chi connectivity index (χ2n) is 8.94. The summed E-state index contributed by atoms with van der Waals surface area (Å²) in [5.41, 5.74) is 4.48. The minimum absolute atomic E-state index is 0.0109. The summed E-state index contributed by atoms with van der Waals surface area (Å²) < 4.78 is 0. The molecule has 4 rings (SSSR count). The predicted octanol–water partition coefficient (Wildman–Crippen LogP) is 4.33. The number of nitrogens with zero attached hydrogens (tertiary/aromatic N) is 4. The van der Waals surface area contributed by atoms with E-state index in [1.807, 2.05) is 36.4 Å². The highest BCUT2D eigenvalue weighted by molar-refractivity contribution is 5.91. The number of hydrogen-bond acceptors (Lipinski definition) is 7. The first-order chi connectivity index (χ1) is 16.3. The van der Waals surface area contributed by atoms with Gasteiger partial charge in [-0.25, -0.2) is 4.98 Å². The molecular formula is C25H28N8O. The molecule has 0 radical (unpaired) electrons. The van der Waals surface area contributed by atoms with Gasteiger partial charge in [0.1, 0.15) is 11.5 Å². The Bertz CT molecular complexity index is 1260. The number of H-pyrrole nitrogens is 1. The van der Waals surface area contributed by atoms with Gasteiger partial charge in [0.2, 0.25) is 5.95 Å². The fraction of sp³-hybridized carbons (Fsp3) is 0.240. The second kappa shape index (κ2) is 9.70. The van der Waals surface area contributed by atoms with Gasteiger partial charge in [0.15, 0.2) is 5.82 Å². The lowest BCUT2D eigenvalue weighted by Gasteiger charge is -2.14. The predicted molar refractivity (Wildman–Crippen MR) is 133 cm³/mol. The average molecular weight is 457 g/mol. The minimum atomic E-state index is -0.192. The molecule has 0 atom stereocenters. The molecule has 0 bridgehead atoms. The molecule has 0 saturated heterocycles. The van der Waals surface area contributed by atoms with E-state index in [0.29, 0.717) is 23.3 Å². The van der Waals surface area contributed by atoms with Crippen LogP contribution in [-0.2, 0) is 11.8 Å². The van der Waals surface area contributed by atoms with E-state index in [4.69, 9.17) is 0 Å². The molecule has 1 aromatic carbocycles. The van der Waals surface area contributed by atoms with Gasteiger partial charge in [-0.1, -0.05) is 39.0 Å². The normalized spacial score (nSPS) is 11.2. The van der Waals surface area contributed by atoms with Crippen molar-refractivity contribution >= 4 is 29.2 Å². The molecule has 0 fully saturated rings. The Kier molecular flexibility index (Phi) is 6.53. The largest absolute Gasteiger partial charge is 0.354 e. The fourth-order valence-electron chi connectivity index (χ4n) is 3.25. The third-order valence-electron chi connectivity index (χ3n) is 5.20. The highest BCUT2D eigenvalue weighted by Gasteiger charge is 2.16. The summed E-state index contributed by atoms with van der Waals surface area (Å²) >= 11 is 0. The van der Waals surface area contributed by atoms with Crippen LogP contribution < -0.4 is 16.0 Å². The number of nitrogens with one attached hydrogen (secondary N) is 4. The zero-order valence-corrected chi connectivity index (χ0v) is 19.7. The molecule has 3 aromatic heterocycles. The standard InChI is InChI=1S/C25H28N8O/c1-25(2,3)20-14-22(33-32-20)30-21-11-12-27-24(31-21)29-18-8-5-16(6-9-18)13-17-7-10-19(28-15-17)23(34)26-4/h5-12,14-15H,13H2,1-4H3,(H,26,34)(H3,27,29,30,31,32,33). The molecule has 3 heterocycles. The number of hydrogen-bond donors (Lipinski definition) is 4. The fourth-order valence-corrected chi connectivity index (χ4v) is 3.25. The van der Waals surface area contributed by atoms with Crippen LogP contribution in [0.4, 0.5) is 23.3 Å². The Balaban J connectivity index is 1.38. The lowest BCUT2D eigenvalue weighted by atomic mass is 9.92. The Hall–Kier alpha value is -4.27. The summed E-state index contributed by atoms with van der Waals surface area (Å²) in [5.74, 6) is 1.64. The first kappa shape index (κ1) is 22.9. The van der Waals surface area contributed by atoms with Crippen molar-refractivity contribution in [3.05, 3.63) is 83.4 Å². The van der Waals surface area contributed by atoms with E-state index in [1.165, 1.54) is 0 Å². The summed E-state index contributed by atoms with van der Waals surface area (Å²) in [6, 6.07) is 15.5. The Morgan fingerprint density at radius 2 is 1.71 bits per heavy atom. The van der Waals surface area contributed by atoms with Gasteiger partial charge < -0.3 is 16.0 Å². The Morgan fingerprint density at radius 3 is 2.35 bits per heavy atom. The molecule has 0 aliphatic rings. The van der Waals surface area contributed by atoms with Gasteiger partial charge in [0.05, 0.1) is 0 Å². The SMILES string of the molecule is CNC(=O)c1ccc(Cc2ccc(Nc3nccc(Nc4cc(C(C)(C)C)[nH]n4)n3)cc2)cn1. The molecule has 174 valence electrons. The number of benzene rings is 1. The Labute approximate surface area is 198 Å². The van der Waals surface area contributed by atoms with E-state index in [0.717, 1.165) is 28.9 Å². The summed E-state index contributed by atoms with van der Waals surface area (Å²) in [5, 5.41) is 16.4. The third kappa shape index (κ3) is 5.74. The number of aromatic nitrogens is 5. The van der Waals surface area contributed by atoms with Gasteiger partial charge in [0.25, 0.3) is 5.91 Å². The highest BCUT2D eigenvalue weighted by Crippen LogP contribution is 2.24. The molecule has 9 heteroatoms. The van der Waals surface area contributed by atoms with Crippen molar-refractivity contribution in [1.29, 1.82) is 0 Å². The molecule has 0 aliphatic carbocycles. The molecule has 4 N–H and O–H groups in total. The third-order valence-corrected chi connectivity index (χ3v) is 5.20. The first-order valence-corrected chi connectivity index (χ1v) is 11.0. The molecule has 0 unspecified atom stereocenters. The van der Waals surface area contributed by atoms with Crippen molar-refractivity contribution in [1.82, 2.24) is 30.5 Å². The van der Waals surface area contributed by atoms with Gasteiger partial charge in [-0.2, -0.15) is 10.1 Å². The van der Waals surface area contributed by atoms with Crippen LogP contribution in [0.1, 0.15) is 48.1 Å². The molecule has 0 saturated carbocycles. The first-order valence-electron chi connectivity index (χ1n) is 11.0. The number of pyridine rings is 1. The van der Waals surface area contributed by atoms with Crippen molar-refractivity contribution in [3.8, 4) is 0 Å². The van der Waals surface area contributed by atoms with E-state index < -0.39 is 0 Å². The van der Waals surface area contributed by atoms with Crippen molar-refractivity contribution in [2.24, 2.45) is 0 Å². The van der Waals surface area contributed by atoms with Gasteiger partial charge in [0, 0.05) is 42.3 Å². The summed E-state index contributed by atoms with van der Waals surface area (Å²) in [7, 11) is 1.59. The molecule has 34 heavy (non-hydrogen) atoms. The zero-order valence-electron chi connectivity index (χ0n) is 19.7. The van der Waals surface area contributed by atoms with Gasteiger partial charge in [-0.15, -0.1) is 0 Å². The summed E-state index contributed by atoms with van der Waals surface area (Å²) in [4.78, 5) is 24.7. The maximum Gasteiger partial charge on any atom is 0.269 e. The number of carbonyl (C=O) groups is 1. The van der Waals surface area contributed by atoms with Crippen LogP contribution in [0.15, 0.2) is 60.9 Å². The van der Waals surface area contributed by atoms with Gasteiger partial charge >= 0.3 is 0 Å². The lowest BCUT2D eigenvalue weighted by Crippen LogP contribution is -2.19. The van der Waals surface area contributed by atoms with Crippen LogP contribution >= 0.6 is 0 Å². The maximum absolute atomic E-state index is 11.6. The van der Waals surface area contributed by atoms with Crippen molar-refractivity contribution < 1.29 is 4.79 Å². The van der Waals surface area contributed by atoms with Gasteiger partial charge in [-0.05, 0) is 41.8 Å². The summed E-state index contributed by atoms with van der Waals surface area (Å²) in [6.45, 7) is 6.38. The van der Waals surface area contributed by atoms with Crippen LogP contribution in [0.5, 0.6) is 0 Å². The van der Waals surface area contributed by atoms with E-state index in [1.54, 1.807) is 31.6 Å². The van der Waals surface area contributed by atoms with Crippen molar-refractivity contribution in [2.75, 3.05) is 17.7 Å². The maximum atomic E-state index is 11.6. The monoisotopic (exact) mass is 456 g/mol. The Morgan fingerprint density at radius 1 is 0.941 bits per heavy atom. The second-order valence-corrected chi connectivity index (χ2v) is 8.94. The van der Waals surface area contributed by atoms with E-state index >= 15 is 0 Å². The summed E-state index contributed by atoms with van der Waals surface area (Å²) in [6.07, 6.45) is 4.14. The number of carbonyl (C=O) groups excluding carboxylic acids is 1. The molecule has 4 aromatic rings. The number of aromatic amines is 1. The van der Waals surface area contributed by atoms with Crippen LogP contribution in [-0.4, -0.2) is 38.1 Å². The number of anilines is 4. The number of rotatable bonds is 7. The molecule has 0 aliphatic heterocycles. The van der Waals surface area contributed by atoms with Crippen molar-refractivity contribution in [2.45, 2.75) is 32.6 Å².